The summed E-state index contributed by atoms with van der Waals surface area (Å²) in [5.74, 6) is 0.730. The van der Waals surface area contributed by atoms with Crippen LogP contribution in [0.25, 0.3) is 10.9 Å². The molecule has 2 aromatic carbocycles. The van der Waals surface area contributed by atoms with Crippen LogP contribution in [0.1, 0.15) is 28.5 Å². The molecule has 1 amide bonds. The van der Waals surface area contributed by atoms with Gasteiger partial charge in [-0.15, -0.1) is 0 Å². The molecule has 1 aliphatic heterocycles. The summed E-state index contributed by atoms with van der Waals surface area (Å²) in [4.78, 5) is 20.7. The van der Waals surface area contributed by atoms with Gasteiger partial charge in [0.05, 0.1) is 36.0 Å². The van der Waals surface area contributed by atoms with Gasteiger partial charge in [-0.25, -0.2) is 0 Å². The number of anilines is 1. The van der Waals surface area contributed by atoms with Crippen molar-refractivity contribution in [1.29, 1.82) is 0 Å². The fourth-order valence-electron chi connectivity index (χ4n) is 3.92. The van der Waals surface area contributed by atoms with E-state index in [4.69, 9.17) is 26.1 Å². The Morgan fingerprint density at radius 1 is 1.20 bits per heavy atom. The van der Waals surface area contributed by atoms with Gasteiger partial charge in [-0.2, -0.15) is 0 Å². The van der Waals surface area contributed by atoms with Crippen molar-refractivity contribution in [2.45, 2.75) is 19.9 Å². The number of methoxy groups -OCH3 is 2. The molecule has 0 bridgehead atoms. The van der Waals surface area contributed by atoms with E-state index in [2.05, 4.69) is 17.1 Å². The van der Waals surface area contributed by atoms with Crippen molar-refractivity contribution in [3.05, 3.63) is 58.2 Å². The highest BCUT2D eigenvalue weighted by atomic mass is 35.5. The number of benzene rings is 2. The maximum Gasteiger partial charge on any atom is 0.256 e. The van der Waals surface area contributed by atoms with Gasteiger partial charge < -0.3 is 14.8 Å². The lowest BCUT2D eigenvalue weighted by molar-refractivity contribution is 0.102. The van der Waals surface area contributed by atoms with Gasteiger partial charge in [0.1, 0.15) is 11.5 Å². The van der Waals surface area contributed by atoms with Crippen molar-refractivity contribution in [1.82, 2.24) is 9.88 Å². The monoisotopic (exact) mass is 425 g/mol. The molecule has 3 aromatic rings. The van der Waals surface area contributed by atoms with Crippen LogP contribution >= 0.6 is 11.6 Å². The summed E-state index contributed by atoms with van der Waals surface area (Å²) in [6.07, 6.45) is 0.826. The first-order valence-corrected chi connectivity index (χ1v) is 10.3. The predicted octanol–water partition coefficient (Wildman–Crippen LogP) is 4.54. The fourth-order valence-corrected chi connectivity index (χ4v) is 4.15. The van der Waals surface area contributed by atoms with E-state index < -0.39 is 0 Å². The van der Waals surface area contributed by atoms with Gasteiger partial charge in [0, 0.05) is 48.3 Å². The fraction of sp³-hybridized carbons (Fsp3) is 0.304. The third-order valence-corrected chi connectivity index (χ3v) is 5.82. The minimum atomic E-state index is -0.203. The topological polar surface area (TPSA) is 63.7 Å². The number of halogens is 1. The number of ether oxygens (including phenoxy) is 2. The minimum Gasteiger partial charge on any atom is -0.495 e. The molecular weight excluding hydrogens is 402 g/mol. The van der Waals surface area contributed by atoms with Crippen LogP contribution in [0.15, 0.2) is 36.4 Å². The van der Waals surface area contributed by atoms with Crippen LogP contribution in [-0.2, 0) is 13.0 Å². The van der Waals surface area contributed by atoms with Crippen LogP contribution in [0.4, 0.5) is 5.69 Å². The molecule has 1 aromatic heterocycles. The number of amides is 1. The Labute approximate surface area is 180 Å². The number of hydrogen-bond donors (Lipinski definition) is 1. The van der Waals surface area contributed by atoms with Gasteiger partial charge in [-0.05, 0) is 12.6 Å². The Kier molecular flexibility index (Phi) is 5.79. The molecule has 0 spiro atoms. The Morgan fingerprint density at radius 2 is 1.97 bits per heavy atom. The molecule has 2 heterocycles. The van der Waals surface area contributed by atoms with Crippen LogP contribution in [0, 0.1) is 0 Å². The SMILES string of the molecule is CCN1CCc2nc3ccccc3c(C(=O)Nc3cc(OC)c(Cl)cc3OC)c2C1. The number of nitrogens with one attached hydrogen (secondary N) is 1. The van der Waals surface area contributed by atoms with E-state index >= 15 is 0 Å². The number of hydrogen-bond acceptors (Lipinski definition) is 5. The van der Waals surface area contributed by atoms with E-state index in [1.807, 2.05) is 24.3 Å². The standard InChI is InChI=1S/C23H24ClN3O3/c1-4-27-10-9-18-15(13-27)22(14-7-5-6-8-17(14)25-18)23(28)26-19-12-20(29-2)16(24)11-21(19)30-3/h5-8,11-12H,4,9-10,13H2,1-3H3,(H,26,28). The number of nitrogens with zero attached hydrogens (tertiary/aromatic N) is 2. The number of pyridine rings is 1. The average molecular weight is 426 g/mol. The first-order valence-electron chi connectivity index (χ1n) is 9.91. The number of carbonyl (C=O) groups is 1. The first-order chi connectivity index (χ1) is 14.5. The molecular formula is C23H24ClN3O3. The molecule has 0 saturated heterocycles. The summed E-state index contributed by atoms with van der Waals surface area (Å²) in [6.45, 7) is 4.70. The Balaban J connectivity index is 1.82. The van der Waals surface area contributed by atoms with Crippen LogP contribution in [-0.4, -0.2) is 43.1 Å². The molecule has 0 aliphatic carbocycles. The summed E-state index contributed by atoms with van der Waals surface area (Å²) in [6, 6.07) is 11.1. The van der Waals surface area contributed by atoms with Gasteiger partial charge in [0.15, 0.2) is 0 Å². The summed E-state index contributed by atoms with van der Waals surface area (Å²) < 4.78 is 10.7. The quantitative estimate of drug-likeness (QED) is 0.650. The molecule has 4 rings (SSSR count). The van der Waals surface area contributed by atoms with Crippen molar-refractivity contribution in [2.24, 2.45) is 0 Å². The third kappa shape index (κ3) is 3.68. The molecule has 156 valence electrons. The lowest BCUT2D eigenvalue weighted by atomic mass is 9.95. The summed E-state index contributed by atoms with van der Waals surface area (Å²) in [5, 5.41) is 4.26. The normalized spacial score (nSPS) is 13.7. The van der Waals surface area contributed by atoms with Gasteiger partial charge >= 0.3 is 0 Å². The molecule has 0 unspecified atom stereocenters. The highest BCUT2D eigenvalue weighted by Gasteiger charge is 2.26. The molecule has 0 saturated carbocycles. The maximum atomic E-state index is 13.6. The van der Waals surface area contributed by atoms with Gasteiger partial charge in [0.2, 0.25) is 0 Å². The van der Waals surface area contributed by atoms with Gasteiger partial charge in [-0.1, -0.05) is 36.7 Å². The zero-order valence-corrected chi connectivity index (χ0v) is 18.0. The number of aromatic nitrogens is 1. The smallest absolute Gasteiger partial charge is 0.256 e. The van der Waals surface area contributed by atoms with Crippen LogP contribution in [0.5, 0.6) is 11.5 Å². The van der Waals surface area contributed by atoms with E-state index in [-0.39, 0.29) is 5.91 Å². The average Bonchev–Trinajstić information content (AvgIpc) is 2.77. The highest BCUT2D eigenvalue weighted by molar-refractivity contribution is 6.32. The molecule has 0 atom stereocenters. The van der Waals surface area contributed by atoms with Gasteiger partial charge in [-0.3, -0.25) is 14.7 Å². The Bertz CT molecular complexity index is 1120. The van der Waals surface area contributed by atoms with Crippen molar-refractivity contribution >= 4 is 34.1 Å². The summed E-state index contributed by atoms with van der Waals surface area (Å²) in [5.41, 5.74) is 3.96. The molecule has 7 heteroatoms. The molecule has 1 aliphatic rings. The molecule has 30 heavy (non-hydrogen) atoms. The Hall–Kier alpha value is -2.83. The largest absolute Gasteiger partial charge is 0.495 e. The second-order valence-corrected chi connectivity index (χ2v) is 7.60. The minimum absolute atomic E-state index is 0.203. The van der Waals surface area contributed by atoms with Crippen molar-refractivity contribution < 1.29 is 14.3 Å². The first kappa shape index (κ1) is 20.4. The van der Waals surface area contributed by atoms with Crippen molar-refractivity contribution in [3.8, 4) is 11.5 Å². The zero-order chi connectivity index (χ0) is 21.3. The van der Waals surface area contributed by atoms with E-state index in [1.54, 1.807) is 12.1 Å². The molecule has 0 fully saturated rings. The lowest BCUT2D eigenvalue weighted by Crippen LogP contribution is -2.33. The van der Waals surface area contributed by atoms with Crippen molar-refractivity contribution in [3.63, 3.8) is 0 Å². The Morgan fingerprint density at radius 3 is 2.70 bits per heavy atom. The summed E-state index contributed by atoms with van der Waals surface area (Å²) >= 11 is 6.21. The van der Waals surface area contributed by atoms with E-state index in [0.29, 0.717) is 34.3 Å². The highest BCUT2D eigenvalue weighted by Crippen LogP contribution is 2.37. The lowest BCUT2D eigenvalue weighted by Gasteiger charge is -2.29. The molecule has 6 nitrogen and oxygen atoms in total. The number of carbonyl (C=O) groups excluding carboxylic acids is 1. The predicted molar refractivity (Wildman–Crippen MR) is 119 cm³/mol. The molecule has 0 radical (unpaired) electrons. The molecule has 1 N–H and O–H groups in total. The number of para-hydroxylation sites is 1. The second-order valence-electron chi connectivity index (χ2n) is 7.19. The van der Waals surface area contributed by atoms with Crippen LogP contribution < -0.4 is 14.8 Å². The maximum absolute atomic E-state index is 13.6. The van der Waals surface area contributed by atoms with Crippen LogP contribution in [0.3, 0.4) is 0 Å². The summed E-state index contributed by atoms with van der Waals surface area (Å²) in [7, 11) is 3.07. The number of fused-ring (bicyclic) bond motifs is 2. The second kappa shape index (κ2) is 8.50. The number of rotatable bonds is 5. The van der Waals surface area contributed by atoms with Gasteiger partial charge in [0.25, 0.3) is 5.91 Å². The third-order valence-electron chi connectivity index (χ3n) is 5.52. The zero-order valence-electron chi connectivity index (χ0n) is 17.3. The van der Waals surface area contributed by atoms with E-state index in [1.165, 1.54) is 14.2 Å². The van der Waals surface area contributed by atoms with Crippen LogP contribution in [0.2, 0.25) is 5.02 Å². The van der Waals surface area contributed by atoms with Crippen molar-refractivity contribution in [2.75, 3.05) is 32.6 Å². The van der Waals surface area contributed by atoms with E-state index in [0.717, 1.165) is 41.7 Å². The number of likely N-dealkylation sites (N-methyl/N-ethyl adjacent to an activating group) is 1. The van der Waals surface area contributed by atoms with E-state index in [9.17, 15) is 4.79 Å².